The highest BCUT2D eigenvalue weighted by atomic mass is 16.7. The van der Waals surface area contributed by atoms with Crippen molar-refractivity contribution in [2.24, 2.45) is 5.92 Å². The standard InChI is InChI=1S/C53H76O24/c1-19-30(73-35-15-32(45(59)22(4)67-35)74-36-14-31(72-26(8)55)44(58)21(3)68-36)13-28-11-27-12-29(50(66-10)43(57)20(2)54)51(49(63)41(27)48(62)40(28)42(19)56)77-38-17-33(46(60)24(6)70-38)75-37-16-34(47(61)23(5)69-37)76-39-18-53(9,65)52(64)25(7)71-39/h11,13,21-25,29,31-39,43-47,50-52,56-62,64-65H,12,14-18H2,1-10H3/t21-,22-,23-,24-,25-,29+,31-,32-,33-,34-,35+,36+,37+,38+,39+,43+,44-,45-,46-,47+,50+,51+,52-,53+/m1/s1. The normalized spacial score (nSPS) is 41.6. The molecule has 77 heavy (non-hydrogen) atoms. The van der Waals surface area contributed by atoms with Gasteiger partial charge in [0.15, 0.2) is 36.7 Å². The fourth-order valence-corrected chi connectivity index (χ4v) is 11.5. The predicted molar refractivity (Wildman–Crippen MR) is 262 cm³/mol. The van der Waals surface area contributed by atoms with E-state index in [2.05, 4.69) is 0 Å². The Hall–Kier alpha value is -3.77. The number of carbonyl (C=O) groups excluding carboxylic acids is 3. The van der Waals surface area contributed by atoms with E-state index in [9.17, 15) is 60.3 Å². The number of hydrogen-bond donors (Lipinski definition) is 9. The minimum Gasteiger partial charge on any atom is -0.507 e. The van der Waals surface area contributed by atoms with Crippen LogP contribution < -0.4 is 4.74 Å². The van der Waals surface area contributed by atoms with Crippen molar-refractivity contribution in [3.05, 3.63) is 28.8 Å². The molecule has 0 radical (unpaired) electrons. The summed E-state index contributed by atoms with van der Waals surface area (Å²) < 4.78 is 72.2. The number of Topliss-reactive ketones (excluding diaryl/α,β-unsaturated/α-hetero) is 2. The van der Waals surface area contributed by atoms with Crippen molar-refractivity contribution in [1.29, 1.82) is 0 Å². The van der Waals surface area contributed by atoms with Crippen LogP contribution in [0.25, 0.3) is 10.8 Å². The molecule has 0 amide bonds. The first-order valence-electron chi connectivity index (χ1n) is 26.3. The number of rotatable bonds is 15. The zero-order chi connectivity index (χ0) is 56.3. The minimum atomic E-state index is -1.73. The lowest BCUT2D eigenvalue weighted by Crippen LogP contribution is -2.58. The van der Waals surface area contributed by atoms with E-state index < -0.39 is 176 Å². The molecular weight excluding hydrogens is 1020 g/mol. The quantitative estimate of drug-likeness (QED) is 0.112. The molecule has 0 saturated carbocycles. The molecule has 0 aromatic heterocycles. The van der Waals surface area contributed by atoms with Gasteiger partial charge in [0.05, 0.1) is 71.5 Å². The molecule has 8 rings (SSSR count). The van der Waals surface area contributed by atoms with Gasteiger partial charge in [-0.3, -0.25) is 14.4 Å². The average Bonchev–Trinajstić information content (AvgIpc) is 3.37. The molecule has 2 aromatic carbocycles. The molecule has 0 spiro atoms. The topological polar surface area (TPSA) is 344 Å². The molecule has 2 aromatic rings. The molecule has 5 aliphatic heterocycles. The summed E-state index contributed by atoms with van der Waals surface area (Å²) in [5.41, 5.74) is -1.34. The average molecular weight is 1100 g/mol. The van der Waals surface area contributed by atoms with Crippen LogP contribution in [0.2, 0.25) is 0 Å². The number of methoxy groups -OCH3 is 1. The molecule has 5 saturated heterocycles. The van der Waals surface area contributed by atoms with E-state index in [1.54, 1.807) is 40.7 Å². The van der Waals surface area contributed by atoms with Crippen molar-refractivity contribution in [2.75, 3.05) is 7.11 Å². The minimum absolute atomic E-state index is 0.0120. The summed E-state index contributed by atoms with van der Waals surface area (Å²) in [4.78, 5) is 39.5. The summed E-state index contributed by atoms with van der Waals surface area (Å²) in [5, 5.41) is 101. The van der Waals surface area contributed by atoms with Gasteiger partial charge in [-0.05, 0) is 84.9 Å². The molecule has 5 heterocycles. The first-order valence-corrected chi connectivity index (χ1v) is 26.3. The third-order valence-electron chi connectivity index (χ3n) is 15.9. The van der Waals surface area contributed by atoms with Crippen LogP contribution in [0.15, 0.2) is 12.1 Å². The lowest BCUT2D eigenvalue weighted by atomic mass is 9.75. The van der Waals surface area contributed by atoms with E-state index in [1.165, 1.54) is 33.9 Å². The van der Waals surface area contributed by atoms with Crippen LogP contribution in [0.3, 0.4) is 0 Å². The molecule has 0 bridgehead atoms. The molecule has 0 unspecified atom stereocenters. The van der Waals surface area contributed by atoms with Crippen LogP contribution in [0.1, 0.15) is 109 Å². The van der Waals surface area contributed by atoms with Crippen LogP contribution in [-0.4, -0.2) is 211 Å². The number of phenols is 2. The lowest BCUT2D eigenvalue weighted by Gasteiger charge is -2.46. The summed E-state index contributed by atoms with van der Waals surface area (Å²) in [6.07, 6.45) is -24.3. The van der Waals surface area contributed by atoms with E-state index in [-0.39, 0.29) is 71.7 Å². The molecule has 24 nitrogen and oxygen atoms in total. The van der Waals surface area contributed by atoms with E-state index in [4.69, 9.17) is 56.8 Å². The number of aliphatic hydroxyl groups is 7. The number of ketones is 2. The van der Waals surface area contributed by atoms with E-state index in [0.717, 1.165) is 6.92 Å². The van der Waals surface area contributed by atoms with Crippen LogP contribution >= 0.6 is 0 Å². The maximum Gasteiger partial charge on any atom is 0.302 e. The van der Waals surface area contributed by atoms with Crippen LogP contribution in [0, 0.1) is 12.8 Å². The Morgan fingerprint density at radius 2 is 1.14 bits per heavy atom. The molecular formula is C53H76O24. The summed E-state index contributed by atoms with van der Waals surface area (Å²) in [7, 11) is 1.26. The number of carbonyl (C=O) groups is 3. The number of esters is 1. The van der Waals surface area contributed by atoms with Gasteiger partial charge in [0.2, 0.25) is 6.29 Å². The third-order valence-corrected chi connectivity index (χ3v) is 15.9. The number of benzene rings is 2. The third kappa shape index (κ3) is 12.4. The number of aliphatic hydroxyl groups excluding tert-OH is 6. The van der Waals surface area contributed by atoms with E-state index in [1.807, 2.05) is 0 Å². The van der Waals surface area contributed by atoms with Crippen molar-refractivity contribution in [3.63, 3.8) is 0 Å². The second-order valence-electron chi connectivity index (χ2n) is 21.8. The van der Waals surface area contributed by atoms with Gasteiger partial charge in [0.25, 0.3) is 0 Å². The number of ether oxygens (including phenoxy) is 12. The number of phenolic OH excluding ortho intramolecular Hbond substituents is 2. The zero-order valence-electron chi connectivity index (χ0n) is 44.8. The van der Waals surface area contributed by atoms with Crippen molar-refractivity contribution in [2.45, 2.75) is 242 Å². The lowest BCUT2D eigenvalue weighted by molar-refractivity contribution is -0.334. The molecule has 9 N–H and O–H groups in total. The Balaban J connectivity index is 1.02. The summed E-state index contributed by atoms with van der Waals surface area (Å²) >= 11 is 0. The summed E-state index contributed by atoms with van der Waals surface area (Å²) in [5.74, 6) is -4.07. The second kappa shape index (κ2) is 23.7. The van der Waals surface area contributed by atoms with E-state index in [0.29, 0.717) is 0 Å². The van der Waals surface area contributed by atoms with Gasteiger partial charge in [-0.25, -0.2) is 0 Å². The molecule has 432 valence electrons. The molecule has 24 atom stereocenters. The Labute approximate surface area is 445 Å². The van der Waals surface area contributed by atoms with Crippen molar-refractivity contribution in [1.82, 2.24) is 0 Å². The highest BCUT2D eigenvalue weighted by Gasteiger charge is 2.51. The molecule has 24 heteroatoms. The van der Waals surface area contributed by atoms with Crippen molar-refractivity contribution >= 4 is 28.3 Å². The van der Waals surface area contributed by atoms with Crippen LogP contribution in [0.4, 0.5) is 0 Å². The predicted octanol–water partition coefficient (Wildman–Crippen LogP) is 0.961. The highest BCUT2D eigenvalue weighted by molar-refractivity contribution is 6.11. The Kier molecular flexibility index (Phi) is 18.3. The second-order valence-corrected chi connectivity index (χ2v) is 21.8. The van der Waals surface area contributed by atoms with Gasteiger partial charge in [-0.15, -0.1) is 0 Å². The van der Waals surface area contributed by atoms with Gasteiger partial charge in [0, 0.05) is 57.6 Å². The SMILES string of the molecule is CO[C@@H]([C@@H]1Cc2cc3cc(O[C@H]4C[C@@H](O[C@H]5C[C@@H](OC(C)=O)[C@H](O)[C@@H](C)O5)[C@H](O)[C@@H](C)O4)c(C)c(O)c3c(O)c2C(=O)[C@H]1O[C@H]1C[C@@H](O[C@H]2C[C@@H](O[C@H]3C[C@](C)(O)[C@H](O)[C@@H](C)O3)[C@@H](O)[C@@H](C)O2)[C@H](O)[C@@H](C)O1)[C@@H](O)C(C)=O. The van der Waals surface area contributed by atoms with E-state index >= 15 is 0 Å². The number of aromatic hydroxyl groups is 2. The molecule has 5 fully saturated rings. The van der Waals surface area contributed by atoms with Gasteiger partial charge in [-0.2, -0.15) is 0 Å². The first kappa shape index (κ1) is 59.4. The van der Waals surface area contributed by atoms with Gasteiger partial charge < -0.3 is 103 Å². The van der Waals surface area contributed by atoms with Gasteiger partial charge >= 0.3 is 5.97 Å². The highest BCUT2D eigenvalue weighted by Crippen LogP contribution is 2.48. The maximum atomic E-state index is 15.0. The maximum absolute atomic E-state index is 15.0. The molecule has 1 aliphatic carbocycles. The summed E-state index contributed by atoms with van der Waals surface area (Å²) in [6.45, 7) is 13.3. The van der Waals surface area contributed by atoms with Gasteiger partial charge in [-0.1, -0.05) is 0 Å². The van der Waals surface area contributed by atoms with Crippen molar-refractivity contribution in [3.8, 4) is 17.2 Å². The Bertz CT molecular complexity index is 2440. The molecule has 6 aliphatic rings. The largest absolute Gasteiger partial charge is 0.507 e. The Morgan fingerprint density at radius 1 is 0.675 bits per heavy atom. The number of fused-ring (bicyclic) bond motifs is 2. The smallest absolute Gasteiger partial charge is 0.302 e. The van der Waals surface area contributed by atoms with Crippen LogP contribution in [-0.2, 0) is 68.1 Å². The fourth-order valence-electron chi connectivity index (χ4n) is 11.5. The van der Waals surface area contributed by atoms with Crippen molar-refractivity contribution < 1.29 is 117 Å². The zero-order valence-corrected chi connectivity index (χ0v) is 44.8. The summed E-state index contributed by atoms with van der Waals surface area (Å²) in [6, 6.07) is 3.09. The van der Waals surface area contributed by atoms with Crippen LogP contribution in [0.5, 0.6) is 17.2 Å². The monoisotopic (exact) mass is 1100 g/mol. The fraction of sp³-hybridized carbons (Fsp3) is 0.755. The Morgan fingerprint density at radius 3 is 1.65 bits per heavy atom. The van der Waals surface area contributed by atoms with Gasteiger partial charge in [0.1, 0.15) is 66.1 Å². The number of hydrogen-bond acceptors (Lipinski definition) is 24. The first-order chi connectivity index (χ1) is 36.2.